The van der Waals surface area contributed by atoms with Crippen molar-refractivity contribution in [2.45, 2.75) is 6.42 Å². The molecule has 0 aliphatic carbocycles. The highest BCUT2D eigenvalue weighted by atomic mass is 32.2. The molecule has 0 bridgehead atoms. The Bertz CT molecular complexity index is 604. The van der Waals surface area contributed by atoms with Crippen molar-refractivity contribution in [1.82, 2.24) is 4.90 Å². The maximum Gasteiger partial charge on any atom is 0.266 e. The molecule has 1 saturated heterocycles. The van der Waals surface area contributed by atoms with Crippen molar-refractivity contribution < 1.29 is 13.6 Å². The Morgan fingerprint density at radius 2 is 2.19 bits per heavy atom. The quantitative estimate of drug-likeness (QED) is 0.458. The predicted molar refractivity (Wildman–Crippen MR) is 89.2 cm³/mol. The van der Waals surface area contributed by atoms with E-state index in [1.165, 1.54) is 17.0 Å². The summed E-state index contributed by atoms with van der Waals surface area (Å²) in [6.07, 6.45) is 4.27. The van der Waals surface area contributed by atoms with Crippen molar-refractivity contribution in [3.05, 3.63) is 40.3 Å². The lowest BCUT2D eigenvalue weighted by Gasteiger charge is -2.13. The first kappa shape index (κ1) is 16.5. The Kier molecular flexibility index (Phi) is 5.78. The molecule has 0 radical (unpaired) electrons. The summed E-state index contributed by atoms with van der Waals surface area (Å²) >= 11 is 8.04. The van der Waals surface area contributed by atoms with E-state index < -0.39 is 11.6 Å². The van der Waals surface area contributed by atoms with E-state index in [-0.39, 0.29) is 11.5 Å². The predicted octanol–water partition coefficient (Wildman–Crippen LogP) is 3.92. The summed E-state index contributed by atoms with van der Waals surface area (Å²) in [5.74, 6) is -0.602. The fraction of sp³-hybridized carbons (Fsp3) is 0.286. The van der Waals surface area contributed by atoms with Gasteiger partial charge >= 0.3 is 0 Å². The number of amides is 1. The maximum atomic E-state index is 13.6. The van der Waals surface area contributed by atoms with E-state index in [0.717, 1.165) is 36.1 Å². The Morgan fingerprint density at radius 3 is 2.86 bits per heavy atom. The summed E-state index contributed by atoms with van der Waals surface area (Å²) in [6.45, 7) is 0.564. The summed E-state index contributed by atoms with van der Waals surface area (Å²) in [4.78, 5) is 14.1. The topological polar surface area (TPSA) is 20.3 Å². The smallest absolute Gasteiger partial charge is 0.266 e. The normalized spacial score (nSPS) is 17.1. The summed E-state index contributed by atoms with van der Waals surface area (Å²) in [5, 5.41) is 0. The lowest BCUT2D eigenvalue weighted by Crippen LogP contribution is -2.29. The lowest BCUT2D eigenvalue weighted by molar-refractivity contribution is -0.122. The summed E-state index contributed by atoms with van der Waals surface area (Å²) in [7, 11) is 0. The van der Waals surface area contributed by atoms with Crippen molar-refractivity contribution in [3.8, 4) is 0 Å². The molecule has 1 fully saturated rings. The van der Waals surface area contributed by atoms with Crippen LogP contribution in [0, 0.1) is 11.6 Å². The fourth-order valence-electron chi connectivity index (χ4n) is 1.82. The maximum absolute atomic E-state index is 13.6. The highest BCUT2D eigenvalue weighted by molar-refractivity contribution is 8.26. The van der Waals surface area contributed by atoms with Gasteiger partial charge in [-0.25, -0.2) is 8.78 Å². The minimum atomic E-state index is -0.692. The van der Waals surface area contributed by atoms with E-state index in [9.17, 15) is 13.6 Å². The molecule has 0 spiro atoms. The number of hydrogen-bond acceptors (Lipinski definition) is 4. The van der Waals surface area contributed by atoms with Crippen molar-refractivity contribution >= 4 is 52.0 Å². The monoisotopic (exact) mass is 345 g/mol. The van der Waals surface area contributed by atoms with E-state index in [4.69, 9.17) is 12.2 Å². The van der Waals surface area contributed by atoms with Gasteiger partial charge in [-0.15, -0.1) is 0 Å². The van der Waals surface area contributed by atoms with Crippen LogP contribution in [0.5, 0.6) is 0 Å². The molecule has 112 valence electrons. The number of halogens is 2. The minimum Gasteiger partial charge on any atom is -0.293 e. The van der Waals surface area contributed by atoms with Crippen LogP contribution in [0.3, 0.4) is 0 Å². The first-order valence-corrected chi connectivity index (χ1v) is 8.84. The van der Waals surface area contributed by atoms with Gasteiger partial charge < -0.3 is 0 Å². The molecule has 21 heavy (non-hydrogen) atoms. The fourth-order valence-corrected chi connectivity index (χ4v) is 3.54. The molecule has 1 aromatic rings. The van der Waals surface area contributed by atoms with E-state index in [2.05, 4.69) is 0 Å². The molecule has 0 saturated carbocycles. The van der Waals surface area contributed by atoms with Gasteiger partial charge in [0, 0.05) is 18.2 Å². The third-order valence-electron chi connectivity index (χ3n) is 2.85. The third-order valence-corrected chi connectivity index (χ3v) is 4.93. The molecule has 1 aromatic carbocycles. The highest BCUT2D eigenvalue weighted by Crippen LogP contribution is 2.33. The molecule has 2 rings (SSSR count). The largest absolute Gasteiger partial charge is 0.293 e. The van der Waals surface area contributed by atoms with E-state index >= 15 is 0 Å². The molecule has 1 aliphatic rings. The second-order valence-corrected chi connectivity index (χ2v) is 7.01. The van der Waals surface area contributed by atoms with E-state index in [1.54, 1.807) is 11.8 Å². The lowest BCUT2D eigenvalue weighted by atomic mass is 10.2. The zero-order valence-electron chi connectivity index (χ0n) is 11.3. The Hall–Kier alpha value is -0.920. The second-order valence-electron chi connectivity index (χ2n) is 4.35. The number of nitrogens with zero attached hydrogens (tertiary/aromatic N) is 1. The van der Waals surface area contributed by atoms with E-state index in [0.29, 0.717) is 15.8 Å². The van der Waals surface area contributed by atoms with Gasteiger partial charge in [-0.05, 0) is 36.6 Å². The van der Waals surface area contributed by atoms with Crippen LogP contribution in [0.25, 0.3) is 6.08 Å². The van der Waals surface area contributed by atoms with Gasteiger partial charge in [-0.1, -0.05) is 24.0 Å². The molecule has 1 amide bonds. The van der Waals surface area contributed by atoms with E-state index in [1.807, 2.05) is 6.26 Å². The van der Waals surface area contributed by atoms with Crippen LogP contribution in [0.4, 0.5) is 8.78 Å². The van der Waals surface area contributed by atoms with Gasteiger partial charge in [0.05, 0.1) is 4.91 Å². The molecule has 0 N–H and O–H groups in total. The molecule has 0 unspecified atom stereocenters. The zero-order valence-corrected chi connectivity index (χ0v) is 13.7. The molecule has 2 nitrogen and oxygen atoms in total. The van der Waals surface area contributed by atoms with Crippen molar-refractivity contribution in [3.63, 3.8) is 0 Å². The van der Waals surface area contributed by atoms with Crippen LogP contribution in [0.1, 0.15) is 12.0 Å². The third kappa shape index (κ3) is 4.05. The molecular formula is C14H13F2NOS3. The zero-order chi connectivity index (χ0) is 15.4. The van der Waals surface area contributed by atoms with Gasteiger partial charge in [0.15, 0.2) is 0 Å². The molecule has 7 heteroatoms. The van der Waals surface area contributed by atoms with Crippen molar-refractivity contribution in [1.29, 1.82) is 0 Å². The van der Waals surface area contributed by atoms with Crippen LogP contribution in [0.15, 0.2) is 23.1 Å². The number of carbonyl (C=O) groups is 1. The molecular weight excluding hydrogens is 332 g/mol. The standard InChI is InChI=1S/C14H13F2NOS3/c1-20-6-2-5-17-13(18)12(21-14(17)19)7-9-3-4-10(15)8-11(9)16/h3-4,7-8H,2,5-6H2,1H3. The molecule has 0 aromatic heterocycles. The minimum absolute atomic E-state index is 0.181. The SMILES string of the molecule is CSCCCN1C(=O)C(=Cc2ccc(F)cc2F)SC1=S. The van der Waals surface area contributed by atoms with Gasteiger partial charge in [0.25, 0.3) is 5.91 Å². The number of rotatable bonds is 5. The number of benzene rings is 1. The Balaban J connectivity index is 2.16. The molecule has 0 atom stereocenters. The first-order valence-electron chi connectivity index (χ1n) is 6.22. The summed E-state index contributed by atoms with van der Waals surface area (Å²) < 4.78 is 27.0. The first-order chi connectivity index (χ1) is 10.0. The molecule has 1 heterocycles. The van der Waals surface area contributed by atoms with Crippen LogP contribution in [-0.2, 0) is 4.79 Å². The summed E-state index contributed by atoms with van der Waals surface area (Å²) in [5.41, 5.74) is 0.181. The average molecular weight is 345 g/mol. The highest BCUT2D eigenvalue weighted by Gasteiger charge is 2.31. The number of hydrogen-bond donors (Lipinski definition) is 0. The number of carbonyl (C=O) groups excluding carboxylic acids is 1. The van der Waals surface area contributed by atoms with Gasteiger partial charge in [0.2, 0.25) is 0 Å². The van der Waals surface area contributed by atoms with Crippen molar-refractivity contribution in [2.24, 2.45) is 0 Å². The van der Waals surface area contributed by atoms with Gasteiger partial charge in [-0.3, -0.25) is 9.69 Å². The molecule has 1 aliphatic heterocycles. The van der Waals surface area contributed by atoms with Crippen LogP contribution >= 0.6 is 35.7 Å². The Labute approximate surface area is 136 Å². The van der Waals surface area contributed by atoms with Crippen LogP contribution in [-0.4, -0.2) is 33.7 Å². The van der Waals surface area contributed by atoms with Gasteiger partial charge in [-0.2, -0.15) is 11.8 Å². The van der Waals surface area contributed by atoms with Crippen molar-refractivity contribution in [2.75, 3.05) is 18.6 Å². The van der Waals surface area contributed by atoms with Gasteiger partial charge in [0.1, 0.15) is 16.0 Å². The second kappa shape index (κ2) is 7.38. The number of thiocarbonyl (C=S) groups is 1. The van der Waals surface area contributed by atoms with Crippen LogP contribution in [0.2, 0.25) is 0 Å². The Morgan fingerprint density at radius 1 is 1.43 bits per heavy atom. The van der Waals surface area contributed by atoms with Crippen LogP contribution < -0.4 is 0 Å². The average Bonchev–Trinajstić information content (AvgIpc) is 2.69. The number of thioether (sulfide) groups is 2. The summed E-state index contributed by atoms with van der Waals surface area (Å²) in [6, 6.07) is 3.27.